The van der Waals surface area contributed by atoms with Crippen molar-refractivity contribution in [2.75, 3.05) is 12.4 Å². The number of amides is 1. The summed E-state index contributed by atoms with van der Waals surface area (Å²) in [6, 6.07) is 3.52. The number of benzene rings is 1. The third-order valence-corrected chi connectivity index (χ3v) is 3.77. The Kier molecular flexibility index (Phi) is 4.57. The number of nitrogens with two attached hydrogens (primary N) is 1. The van der Waals surface area contributed by atoms with Crippen LogP contribution in [-0.2, 0) is 9.53 Å². The molecule has 0 aromatic heterocycles. The van der Waals surface area contributed by atoms with Crippen LogP contribution in [0.4, 0.5) is 10.1 Å². The average molecular weight is 294 g/mol. The summed E-state index contributed by atoms with van der Waals surface area (Å²) < 4.78 is 17.9. The average Bonchev–Trinajstić information content (AvgIpc) is 2.84. The highest BCUT2D eigenvalue weighted by molar-refractivity contribution is 6.01. The van der Waals surface area contributed by atoms with Gasteiger partial charge in [0, 0.05) is 12.0 Å². The first-order valence-electron chi connectivity index (χ1n) is 6.90. The first kappa shape index (κ1) is 15.4. The van der Waals surface area contributed by atoms with Crippen LogP contribution in [0.25, 0.3) is 0 Å². The summed E-state index contributed by atoms with van der Waals surface area (Å²) in [6.07, 6.45) is 3.78. The molecule has 1 saturated carbocycles. The van der Waals surface area contributed by atoms with Gasteiger partial charge < -0.3 is 15.8 Å². The van der Waals surface area contributed by atoms with Crippen LogP contribution in [-0.4, -0.2) is 24.5 Å². The zero-order chi connectivity index (χ0) is 15.5. The molecule has 1 amide bonds. The number of methoxy groups -OCH3 is 1. The number of nitrogens with one attached hydrogen (secondary N) is 1. The lowest BCUT2D eigenvalue weighted by atomic mass is 9.94. The van der Waals surface area contributed by atoms with Gasteiger partial charge in [-0.05, 0) is 31.0 Å². The van der Waals surface area contributed by atoms with Crippen molar-refractivity contribution in [3.05, 3.63) is 29.6 Å². The summed E-state index contributed by atoms with van der Waals surface area (Å²) in [4.78, 5) is 23.7. The molecule has 0 saturated heterocycles. The number of anilines is 1. The molecule has 114 valence electrons. The van der Waals surface area contributed by atoms with Crippen LogP contribution in [0.3, 0.4) is 0 Å². The number of rotatable bonds is 4. The van der Waals surface area contributed by atoms with Crippen molar-refractivity contribution in [3.63, 3.8) is 0 Å². The van der Waals surface area contributed by atoms with Gasteiger partial charge in [-0.1, -0.05) is 12.8 Å². The lowest BCUT2D eigenvalue weighted by molar-refractivity contribution is -0.117. The Labute approximate surface area is 122 Å². The van der Waals surface area contributed by atoms with Gasteiger partial charge >= 0.3 is 5.97 Å². The zero-order valence-corrected chi connectivity index (χ0v) is 11.9. The van der Waals surface area contributed by atoms with Gasteiger partial charge in [0.1, 0.15) is 5.82 Å². The molecule has 1 aliphatic rings. The fourth-order valence-electron chi connectivity index (χ4n) is 2.68. The van der Waals surface area contributed by atoms with Crippen molar-refractivity contribution >= 4 is 17.6 Å². The lowest BCUT2D eigenvalue weighted by Gasteiger charge is -2.22. The third kappa shape index (κ3) is 3.78. The fourth-order valence-corrected chi connectivity index (χ4v) is 2.68. The van der Waals surface area contributed by atoms with Crippen molar-refractivity contribution in [2.45, 2.75) is 37.6 Å². The van der Waals surface area contributed by atoms with E-state index in [1.165, 1.54) is 13.2 Å². The largest absolute Gasteiger partial charge is 0.465 e. The second kappa shape index (κ2) is 6.22. The number of carbonyl (C=O) groups excluding carboxylic acids is 2. The van der Waals surface area contributed by atoms with E-state index in [4.69, 9.17) is 5.73 Å². The Hall–Kier alpha value is -1.95. The molecule has 1 fully saturated rings. The Morgan fingerprint density at radius 3 is 2.67 bits per heavy atom. The molecule has 0 bridgehead atoms. The Morgan fingerprint density at radius 1 is 1.38 bits per heavy atom. The standard InChI is InChI=1S/C15H19FN2O3/c1-21-14(20)11-5-4-10(16)8-12(11)18-13(19)9-15(17)6-2-3-7-15/h4-5,8H,2-3,6-7,9,17H2,1H3,(H,18,19). The quantitative estimate of drug-likeness (QED) is 0.834. The number of halogens is 1. The number of hydrogen-bond donors (Lipinski definition) is 2. The predicted octanol–water partition coefficient (Wildman–Crippen LogP) is 2.21. The Morgan fingerprint density at radius 2 is 2.05 bits per heavy atom. The van der Waals surface area contributed by atoms with Crippen molar-refractivity contribution in [2.24, 2.45) is 5.73 Å². The van der Waals surface area contributed by atoms with Gasteiger partial charge in [-0.3, -0.25) is 4.79 Å². The highest BCUT2D eigenvalue weighted by Gasteiger charge is 2.32. The summed E-state index contributed by atoms with van der Waals surface area (Å²) in [5, 5.41) is 2.56. The van der Waals surface area contributed by atoms with Crippen molar-refractivity contribution in [1.82, 2.24) is 0 Å². The minimum atomic E-state index is -0.631. The van der Waals surface area contributed by atoms with Gasteiger partial charge in [-0.2, -0.15) is 0 Å². The van der Waals surface area contributed by atoms with Crippen LogP contribution in [0.5, 0.6) is 0 Å². The molecular weight excluding hydrogens is 275 g/mol. The molecule has 0 unspecified atom stereocenters. The van der Waals surface area contributed by atoms with Gasteiger partial charge in [0.25, 0.3) is 0 Å². The van der Waals surface area contributed by atoms with E-state index in [1.807, 2.05) is 0 Å². The Bertz CT molecular complexity index is 554. The van der Waals surface area contributed by atoms with Crippen LogP contribution in [0.1, 0.15) is 42.5 Å². The highest BCUT2D eigenvalue weighted by Crippen LogP contribution is 2.30. The zero-order valence-electron chi connectivity index (χ0n) is 11.9. The topological polar surface area (TPSA) is 81.4 Å². The number of ether oxygens (including phenoxy) is 1. The molecule has 0 radical (unpaired) electrons. The van der Waals surface area contributed by atoms with Crippen LogP contribution >= 0.6 is 0 Å². The molecule has 1 aromatic rings. The molecule has 2 rings (SSSR count). The second-order valence-electron chi connectivity index (χ2n) is 5.48. The molecule has 0 aliphatic heterocycles. The first-order chi connectivity index (χ1) is 9.93. The lowest BCUT2D eigenvalue weighted by Crippen LogP contribution is -2.40. The van der Waals surface area contributed by atoms with E-state index in [2.05, 4.69) is 10.1 Å². The summed E-state index contributed by atoms with van der Waals surface area (Å²) in [7, 11) is 1.23. The Balaban J connectivity index is 2.12. The first-order valence-corrected chi connectivity index (χ1v) is 6.90. The van der Waals surface area contributed by atoms with Crippen LogP contribution in [0.15, 0.2) is 18.2 Å². The van der Waals surface area contributed by atoms with Gasteiger partial charge in [0.05, 0.1) is 18.4 Å². The van der Waals surface area contributed by atoms with Crippen LogP contribution < -0.4 is 11.1 Å². The maximum atomic E-state index is 13.3. The van der Waals surface area contributed by atoms with Gasteiger partial charge in [-0.25, -0.2) is 9.18 Å². The van der Waals surface area contributed by atoms with E-state index < -0.39 is 17.3 Å². The van der Waals surface area contributed by atoms with Crippen molar-refractivity contribution in [3.8, 4) is 0 Å². The van der Waals surface area contributed by atoms with Crippen LogP contribution in [0.2, 0.25) is 0 Å². The predicted molar refractivity (Wildman–Crippen MR) is 76.4 cm³/mol. The molecule has 5 nitrogen and oxygen atoms in total. The second-order valence-corrected chi connectivity index (χ2v) is 5.48. The molecule has 6 heteroatoms. The molecule has 21 heavy (non-hydrogen) atoms. The van der Waals surface area contributed by atoms with Crippen molar-refractivity contribution < 1.29 is 18.7 Å². The molecule has 0 atom stereocenters. The maximum absolute atomic E-state index is 13.3. The number of carbonyl (C=O) groups is 2. The van der Waals surface area contributed by atoms with E-state index in [0.29, 0.717) is 0 Å². The van der Waals surface area contributed by atoms with E-state index >= 15 is 0 Å². The molecule has 1 aliphatic carbocycles. The van der Waals surface area contributed by atoms with Gasteiger partial charge in [-0.15, -0.1) is 0 Å². The van der Waals surface area contributed by atoms with Crippen LogP contribution in [0, 0.1) is 5.82 Å². The number of hydrogen-bond acceptors (Lipinski definition) is 4. The van der Waals surface area contributed by atoms with E-state index in [1.54, 1.807) is 0 Å². The minimum Gasteiger partial charge on any atom is -0.465 e. The molecule has 1 aromatic carbocycles. The van der Waals surface area contributed by atoms with E-state index in [-0.39, 0.29) is 23.6 Å². The SMILES string of the molecule is COC(=O)c1ccc(F)cc1NC(=O)CC1(N)CCCC1. The van der Waals surface area contributed by atoms with Crippen molar-refractivity contribution in [1.29, 1.82) is 0 Å². The smallest absolute Gasteiger partial charge is 0.339 e. The minimum absolute atomic E-state index is 0.105. The number of esters is 1. The molecular formula is C15H19FN2O3. The van der Waals surface area contributed by atoms with Gasteiger partial charge in [0.2, 0.25) is 5.91 Å². The monoisotopic (exact) mass is 294 g/mol. The molecule has 3 N–H and O–H groups in total. The van der Waals surface area contributed by atoms with Gasteiger partial charge in [0.15, 0.2) is 0 Å². The summed E-state index contributed by atoms with van der Waals surface area (Å²) in [5.41, 5.74) is 5.86. The van der Waals surface area contributed by atoms with E-state index in [9.17, 15) is 14.0 Å². The summed E-state index contributed by atoms with van der Waals surface area (Å²) >= 11 is 0. The fraction of sp³-hybridized carbons (Fsp3) is 0.467. The molecule has 0 spiro atoms. The van der Waals surface area contributed by atoms with E-state index in [0.717, 1.165) is 37.8 Å². The summed E-state index contributed by atoms with van der Waals surface area (Å²) in [5.74, 6) is -1.50. The normalized spacial score (nSPS) is 16.5. The molecule has 0 heterocycles. The summed E-state index contributed by atoms with van der Waals surface area (Å²) in [6.45, 7) is 0. The highest BCUT2D eigenvalue weighted by atomic mass is 19.1. The maximum Gasteiger partial charge on any atom is 0.339 e. The third-order valence-electron chi connectivity index (χ3n) is 3.77.